The summed E-state index contributed by atoms with van der Waals surface area (Å²) in [6.45, 7) is 8.31. The van der Waals surface area contributed by atoms with Gasteiger partial charge < -0.3 is 29.5 Å². The van der Waals surface area contributed by atoms with Crippen molar-refractivity contribution in [2.75, 3.05) is 13.2 Å². The minimum absolute atomic E-state index is 0.157. The highest BCUT2D eigenvalue weighted by Gasteiger charge is 2.51. The van der Waals surface area contributed by atoms with Crippen molar-refractivity contribution in [2.45, 2.75) is 38.9 Å². The van der Waals surface area contributed by atoms with Crippen LogP contribution in [0.1, 0.15) is 27.7 Å². The maximum atomic E-state index is 12.8. The normalized spacial score (nSPS) is 16.9. The van der Waals surface area contributed by atoms with Crippen molar-refractivity contribution in [3.63, 3.8) is 0 Å². The van der Waals surface area contributed by atoms with E-state index >= 15 is 0 Å². The van der Waals surface area contributed by atoms with Crippen LogP contribution in [0.25, 0.3) is 16.7 Å². The van der Waals surface area contributed by atoms with Crippen molar-refractivity contribution in [3.05, 3.63) is 52.9 Å². The van der Waals surface area contributed by atoms with E-state index in [1.165, 1.54) is 0 Å². The second-order valence-electron chi connectivity index (χ2n) is 8.71. The number of hydrogen-bond donors (Lipinski definition) is 3. The third-order valence-corrected chi connectivity index (χ3v) is 5.96. The van der Waals surface area contributed by atoms with E-state index in [-0.39, 0.29) is 18.8 Å². The lowest BCUT2D eigenvalue weighted by Gasteiger charge is -2.32. The second kappa shape index (κ2) is 8.03. The molecule has 0 unspecified atom stereocenters. The number of nitrogens with zero attached hydrogens (tertiary/aromatic N) is 1. The highest BCUT2D eigenvalue weighted by atomic mass is 16.7. The number of imidazole rings is 1. The van der Waals surface area contributed by atoms with Crippen molar-refractivity contribution < 1.29 is 23.9 Å². The standard InChI is InChI=1S/C22H26BN3O6/c1-21(2)22(3,4)32-23(31-21)14-8-9-17-18(12-14)26(19(27)25-17)15-6-5-7-16(13-15)30-11-10-24-20(28)29/h5-9,12-13,24H,10-11H2,1-4H3,(H,25,27)(H,28,29). The van der Waals surface area contributed by atoms with Gasteiger partial charge in [-0.25, -0.2) is 9.59 Å². The molecule has 1 fully saturated rings. The molecule has 2 aromatic carbocycles. The van der Waals surface area contributed by atoms with Crippen molar-refractivity contribution in [1.82, 2.24) is 14.9 Å². The number of H-pyrrole nitrogens is 1. The molecule has 2 heterocycles. The SMILES string of the molecule is CC1(C)OB(c2ccc3[nH]c(=O)n(-c4cccc(OCCNC(=O)O)c4)c3c2)OC1(C)C. The minimum Gasteiger partial charge on any atom is -0.492 e. The number of carbonyl (C=O) groups is 1. The van der Waals surface area contributed by atoms with E-state index in [1.807, 2.05) is 45.9 Å². The van der Waals surface area contributed by atoms with Crippen molar-refractivity contribution in [3.8, 4) is 11.4 Å². The molecule has 1 saturated heterocycles. The fourth-order valence-corrected chi connectivity index (χ4v) is 3.54. The molecular weight excluding hydrogens is 413 g/mol. The Labute approximate surface area is 185 Å². The molecule has 10 heteroatoms. The smallest absolute Gasteiger partial charge is 0.492 e. The summed E-state index contributed by atoms with van der Waals surface area (Å²) in [6, 6.07) is 12.7. The predicted octanol–water partition coefficient (Wildman–Crippen LogP) is 2.26. The number of hydrogen-bond acceptors (Lipinski definition) is 5. The minimum atomic E-state index is -1.11. The Kier molecular flexibility index (Phi) is 5.52. The molecule has 0 saturated carbocycles. The molecule has 32 heavy (non-hydrogen) atoms. The number of rotatable bonds is 6. The Morgan fingerprint density at radius 3 is 2.56 bits per heavy atom. The molecule has 3 N–H and O–H groups in total. The maximum Gasteiger partial charge on any atom is 0.494 e. The second-order valence-corrected chi connectivity index (χ2v) is 8.71. The first-order chi connectivity index (χ1) is 15.1. The Bertz CT molecular complexity index is 1200. The summed E-state index contributed by atoms with van der Waals surface area (Å²) < 4.78 is 19.5. The average molecular weight is 439 g/mol. The zero-order chi connectivity index (χ0) is 23.1. The van der Waals surface area contributed by atoms with E-state index in [0.717, 1.165) is 5.46 Å². The molecular formula is C22H26BN3O6. The quantitative estimate of drug-likeness (QED) is 0.401. The van der Waals surface area contributed by atoms with Crippen LogP contribution in [0.2, 0.25) is 0 Å². The summed E-state index contributed by atoms with van der Waals surface area (Å²) in [4.78, 5) is 26.2. The number of benzene rings is 2. The van der Waals surface area contributed by atoms with E-state index in [1.54, 1.807) is 28.8 Å². The molecule has 0 radical (unpaired) electrons. The molecule has 4 rings (SSSR count). The molecule has 1 amide bonds. The van der Waals surface area contributed by atoms with E-state index in [0.29, 0.717) is 22.5 Å². The highest BCUT2D eigenvalue weighted by molar-refractivity contribution is 6.62. The lowest BCUT2D eigenvalue weighted by atomic mass is 9.79. The molecule has 1 aliphatic rings. The first kappa shape index (κ1) is 22.0. The van der Waals surface area contributed by atoms with Gasteiger partial charge in [0.15, 0.2) is 0 Å². The van der Waals surface area contributed by atoms with Gasteiger partial charge in [0.2, 0.25) is 0 Å². The van der Waals surface area contributed by atoms with Gasteiger partial charge in [-0.2, -0.15) is 0 Å². The fraction of sp³-hybridized carbons (Fsp3) is 0.364. The molecule has 0 bridgehead atoms. The molecule has 9 nitrogen and oxygen atoms in total. The van der Waals surface area contributed by atoms with Gasteiger partial charge in [-0.1, -0.05) is 12.1 Å². The van der Waals surface area contributed by atoms with Crippen LogP contribution in [0.4, 0.5) is 4.79 Å². The van der Waals surface area contributed by atoms with E-state index in [4.69, 9.17) is 19.2 Å². The zero-order valence-electron chi connectivity index (χ0n) is 18.5. The van der Waals surface area contributed by atoms with Crippen LogP contribution in [0.5, 0.6) is 5.75 Å². The van der Waals surface area contributed by atoms with Gasteiger partial charge in [0, 0.05) is 6.07 Å². The van der Waals surface area contributed by atoms with Crippen LogP contribution >= 0.6 is 0 Å². The summed E-state index contributed by atoms with van der Waals surface area (Å²) in [6.07, 6.45) is -1.11. The molecule has 3 aromatic rings. The predicted molar refractivity (Wildman–Crippen MR) is 121 cm³/mol. The Balaban J connectivity index is 1.65. The summed E-state index contributed by atoms with van der Waals surface area (Å²) in [5.41, 5.74) is 1.60. The van der Waals surface area contributed by atoms with Crippen LogP contribution < -0.4 is 21.2 Å². The topological polar surface area (TPSA) is 115 Å². The summed E-state index contributed by atoms with van der Waals surface area (Å²) >= 11 is 0. The number of nitrogens with one attached hydrogen (secondary N) is 2. The Morgan fingerprint density at radius 2 is 1.88 bits per heavy atom. The molecule has 0 aliphatic carbocycles. The number of fused-ring (bicyclic) bond motifs is 1. The maximum absolute atomic E-state index is 12.8. The number of aromatic nitrogens is 2. The van der Waals surface area contributed by atoms with Crippen LogP contribution in [-0.2, 0) is 9.31 Å². The van der Waals surface area contributed by atoms with Crippen LogP contribution in [0, 0.1) is 0 Å². The first-order valence-electron chi connectivity index (χ1n) is 10.4. The molecule has 0 atom stereocenters. The van der Waals surface area contributed by atoms with Crippen molar-refractivity contribution >= 4 is 29.7 Å². The summed E-state index contributed by atoms with van der Waals surface area (Å²) in [5.74, 6) is 0.526. The third-order valence-electron chi connectivity index (χ3n) is 5.96. The molecule has 1 aromatic heterocycles. The van der Waals surface area contributed by atoms with Crippen LogP contribution in [-0.4, -0.2) is 52.2 Å². The summed E-state index contributed by atoms with van der Waals surface area (Å²) in [7, 11) is -0.542. The van der Waals surface area contributed by atoms with Crippen LogP contribution in [0.3, 0.4) is 0 Å². The summed E-state index contributed by atoms with van der Waals surface area (Å²) in [5, 5.41) is 10.9. The van der Waals surface area contributed by atoms with Gasteiger partial charge >= 0.3 is 18.9 Å². The fourth-order valence-electron chi connectivity index (χ4n) is 3.54. The lowest BCUT2D eigenvalue weighted by molar-refractivity contribution is 0.00578. The van der Waals surface area contributed by atoms with Crippen molar-refractivity contribution in [1.29, 1.82) is 0 Å². The monoisotopic (exact) mass is 439 g/mol. The number of ether oxygens (including phenoxy) is 1. The van der Waals surface area contributed by atoms with Gasteiger partial charge in [-0.05, 0) is 57.4 Å². The molecule has 0 spiro atoms. The molecule has 168 valence electrons. The van der Waals surface area contributed by atoms with E-state index in [2.05, 4.69) is 10.3 Å². The number of aromatic amines is 1. The van der Waals surface area contributed by atoms with E-state index < -0.39 is 24.4 Å². The Morgan fingerprint density at radius 1 is 1.16 bits per heavy atom. The van der Waals surface area contributed by atoms with Gasteiger partial charge in [-0.15, -0.1) is 0 Å². The number of amides is 1. The van der Waals surface area contributed by atoms with Crippen LogP contribution in [0.15, 0.2) is 47.3 Å². The van der Waals surface area contributed by atoms with Gasteiger partial charge in [0.1, 0.15) is 12.4 Å². The highest BCUT2D eigenvalue weighted by Crippen LogP contribution is 2.36. The first-order valence-corrected chi connectivity index (χ1v) is 10.4. The largest absolute Gasteiger partial charge is 0.494 e. The lowest BCUT2D eigenvalue weighted by Crippen LogP contribution is -2.41. The zero-order valence-corrected chi connectivity index (χ0v) is 18.5. The molecule has 1 aliphatic heterocycles. The third kappa shape index (κ3) is 4.11. The van der Waals surface area contributed by atoms with Gasteiger partial charge in [0.05, 0.1) is 34.5 Å². The van der Waals surface area contributed by atoms with Crippen molar-refractivity contribution in [2.24, 2.45) is 0 Å². The van der Waals surface area contributed by atoms with E-state index in [9.17, 15) is 9.59 Å². The van der Waals surface area contributed by atoms with Gasteiger partial charge in [-0.3, -0.25) is 4.57 Å². The average Bonchev–Trinajstić information content (AvgIpc) is 3.16. The van der Waals surface area contributed by atoms with Gasteiger partial charge in [0.25, 0.3) is 0 Å². The number of carboxylic acid groups (broad SMARTS) is 1. The Hall–Kier alpha value is -3.24.